The molecule has 2 aromatic rings. The lowest BCUT2D eigenvalue weighted by Crippen LogP contribution is -2.46. The lowest BCUT2D eigenvalue weighted by atomic mass is 10.0. The first-order chi connectivity index (χ1) is 12.9. The molecule has 1 amide bonds. The number of amides is 1. The zero-order valence-corrected chi connectivity index (χ0v) is 15.2. The molecule has 0 bridgehead atoms. The van der Waals surface area contributed by atoms with Gasteiger partial charge in [0.25, 0.3) is 5.91 Å². The first kappa shape index (κ1) is 19.0. The maximum atomic E-state index is 13.8. The molecule has 0 spiro atoms. The molecule has 27 heavy (non-hydrogen) atoms. The van der Waals surface area contributed by atoms with Gasteiger partial charge in [0.1, 0.15) is 5.82 Å². The number of nitrogens with one attached hydrogen (secondary N) is 1. The minimum Gasteiger partial charge on any atom is -0.338 e. The highest BCUT2D eigenvalue weighted by Gasteiger charge is 2.28. The van der Waals surface area contributed by atoms with Crippen LogP contribution in [0.3, 0.4) is 0 Å². The molecule has 0 unspecified atom stereocenters. The lowest BCUT2D eigenvalue weighted by Gasteiger charge is -2.32. The van der Waals surface area contributed by atoms with Crippen LogP contribution in [0, 0.1) is 17.1 Å². The summed E-state index contributed by atoms with van der Waals surface area (Å²) < 4.78 is 41.4. The molecule has 1 aliphatic rings. The van der Waals surface area contributed by atoms with Gasteiger partial charge >= 0.3 is 0 Å². The Kier molecular flexibility index (Phi) is 5.54. The monoisotopic (exact) mass is 387 g/mol. The van der Waals surface area contributed by atoms with Crippen molar-refractivity contribution < 1.29 is 17.6 Å². The number of hydrogen-bond donors (Lipinski definition) is 1. The molecule has 140 valence electrons. The molecule has 1 fully saturated rings. The molecule has 1 saturated heterocycles. The van der Waals surface area contributed by atoms with Gasteiger partial charge in [-0.2, -0.15) is 5.26 Å². The van der Waals surface area contributed by atoms with Crippen LogP contribution in [0.15, 0.2) is 53.4 Å². The van der Waals surface area contributed by atoms with E-state index >= 15 is 0 Å². The molecule has 0 atom stereocenters. The van der Waals surface area contributed by atoms with Crippen molar-refractivity contribution in [1.82, 2.24) is 9.62 Å². The second-order valence-electron chi connectivity index (χ2n) is 6.31. The second kappa shape index (κ2) is 7.86. The Bertz CT molecular complexity index is 993. The van der Waals surface area contributed by atoms with E-state index in [9.17, 15) is 17.6 Å². The van der Waals surface area contributed by atoms with E-state index in [0.717, 1.165) is 0 Å². The average Bonchev–Trinajstić information content (AvgIpc) is 2.68. The number of sulfonamides is 1. The Balaban J connectivity index is 1.63. The summed E-state index contributed by atoms with van der Waals surface area (Å²) in [7, 11) is -3.75. The van der Waals surface area contributed by atoms with Gasteiger partial charge in [-0.15, -0.1) is 0 Å². The fourth-order valence-electron chi connectivity index (χ4n) is 3.03. The van der Waals surface area contributed by atoms with Crippen LogP contribution in [-0.2, 0) is 10.0 Å². The highest BCUT2D eigenvalue weighted by atomic mass is 32.2. The van der Waals surface area contributed by atoms with Crippen LogP contribution in [-0.4, -0.2) is 38.4 Å². The normalized spacial score (nSPS) is 15.3. The number of likely N-dealkylation sites (tertiary alicyclic amines) is 1. The largest absolute Gasteiger partial charge is 0.338 e. The summed E-state index contributed by atoms with van der Waals surface area (Å²) in [6, 6.07) is 13.2. The number of hydrogen-bond acceptors (Lipinski definition) is 4. The van der Waals surface area contributed by atoms with Crippen LogP contribution in [0.2, 0.25) is 0 Å². The smallest absolute Gasteiger partial charge is 0.256 e. The molecule has 0 radical (unpaired) electrons. The number of nitrogens with zero attached hydrogens (tertiary/aromatic N) is 2. The van der Waals surface area contributed by atoms with Gasteiger partial charge in [-0.05, 0) is 43.2 Å². The quantitative estimate of drug-likeness (QED) is 0.871. The Morgan fingerprint density at radius 1 is 1.15 bits per heavy atom. The van der Waals surface area contributed by atoms with Gasteiger partial charge in [-0.3, -0.25) is 4.79 Å². The zero-order valence-electron chi connectivity index (χ0n) is 14.4. The number of rotatable bonds is 4. The van der Waals surface area contributed by atoms with Gasteiger partial charge in [0.05, 0.1) is 22.1 Å². The van der Waals surface area contributed by atoms with Gasteiger partial charge < -0.3 is 4.90 Å². The fraction of sp³-hybridized carbons (Fsp3) is 0.263. The van der Waals surface area contributed by atoms with Crippen LogP contribution in [0.5, 0.6) is 0 Å². The first-order valence-electron chi connectivity index (χ1n) is 8.47. The molecule has 1 heterocycles. The van der Waals surface area contributed by atoms with Crippen molar-refractivity contribution in [2.45, 2.75) is 23.8 Å². The number of halogens is 1. The third kappa shape index (κ3) is 4.32. The highest BCUT2D eigenvalue weighted by Crippen LogP contribution is 2.18. The summed E-state index contributed by atoms with van der Waals surface area (Å²) in [5.41, 5.74) is 0.285. The Labute approximate surface area is 157 Å². The van der Waals surface area contributed by atoms with E-state index in [1.807, 2.05) is 6.07 Å². The van der Waals surface area contributed by atoms with Crippen molar-refractivity contribution in [3.05, 3.63) is 65.5 Å². The molecule has 2 aromatic carbocycles. The maximum Gasteiger partial charge on any atom is 0.256 e. The molecule has 0 saturated carbocycles. The van der Waals surface area contributed by atoms with Crippen LogP contribution in [0.25, 0.3) is 0 Å². The average molecular weight is 387 g/mol. The number of piperidine rings is 1. The van der Waals surface area contributed by atoms with Crippen molar-refractivity contribution in [2.75, 3.05) is 13.1 Å². The molecule has 0 aromatic heterocycles. The van der Waals surface area contributed by atoms with Crippen molar-refractivity contribution in [1.29, 1.82) is 5.26 Å². The first-order valence-corrected chi connectivity index (χ1v) is 9.95. The summed E-state index contributed by atoms with van der Waals surface area (Å²) >= 11 is 0. The minimum absolute atomic E-state index is 0.0184. The summed E-state index contributed by atoms with van der Waals surface area (Å²) in [5, 5.41) is 8.91. The predicted molar refractivity (Wildman–Crippen MR) is 96.8 cm³/mol. The zero-order chi connectivity index (χ0) is 19.4. The van der Waals surface area contributed by atoms with E-state index < -0.39 is 21.7 Å². The highest BCUT2D eigenvalue weighted by molar-refractivity contribution is 7.89. The summed E-state index contributed by atoms with van der Waals surface area (Å²) in [5.74, 6) is -0.959. The van der Waals surface area contributed by atoms with Gasteiger partial charge in [-0.25, -0.2) is 17.5 Å². The summed E-state index contributed by atoms with van der Waals surface area (Å²) in [4.78, 5) is 14.0. The van der Waals surface area contributed by atoms with Crippen LogP contribution >= 0.6 is 0 Å². The Morgan fingerprint density at radius 2 is 1.85 bits per heavy atom. The van der Waals surface area contributed by atoms with Crippen molar-refractivity contribution >= 4 is 15.9 Å². The topological polar surface area (TPSA) is 90.3 Å². The van der Waals surface area contributed by atoms with Gasteiger partial charge in [-0.1, -0.05) is 18.2 Å². The molecule has 6 nitrogen and oxygen atoms in total. The van der Waals surface area contributed by atoms with Gasteiger partial charge in [0, 0.05) is 19.1 Å². The second-order valence-corrected chi connectivity index (χ2v) is 8.02. The summed E-state index contributed by atoms with van der Waals surface area (Å²) in [6.07, 6.45) is 0.856. The molecular formula is C19H18FN3O3S. The van der Waals surface area contributed by atoms with Crippen molar-refractivity contribution in [3.63, 3.8) is 0 Å². The third-order valence-electron chi connectivity index (χ3n) is 4.48. The molecule has 1 aliphatic heterocycles. The van der Waals surface area contributed by atoms with Crippen molar-refractivity contribution in [3.8, 4) is 6.07 Å². The maximum absolute atomic E-state index is 13.8. The molecular weight excluding hydrogens is 369 g/mol. The van der Waals surface area contributed by atoms with Crippen molar-refractivity contribution in [2.24, 2.45) is 0 Å². The van der Waals surface area contributed by atoms with E-state index in [1.165, 1.54) is 47.4 Å². The Hall–Kier alpha value is -2.76. The third-order valence-corrected chi connectivity index (χ3v) is 6.00. The van der Waals surface area contributed by atoms with Gasteiger partial charge in [0.15, 0.2) is 0 Å². The van der Waals surface area contributed by atoms with Crippen LogP contribution in [0.4, 0.5) is 4.39 Å². The van der Waals surface area contributed by atoms with Crippen LogP contribution in [0.1, 0.15) is 28.8 Å². The number of nitriles is 1. The van der Waals surface area contributed by atoms with E-state index in [1.54, 1.807) is 6.07 Å². The van der Waals surface area contributed by atoms with E-state index in [0.29, 0.717) is 25.9 Å². The van der Waals surface area contributed by atoms with E-state index in [-0.39, 0.29) is 22.1 Å². The molecule has 1 N–H and O–H groups in total. The number of carbonyl (C=O) groups excluding carboxylic acids is 1. The molecule has 0 aliphatic carbocycles. The van der Waals surface area contributed by atoms with E-state index in [4.69, 9.17) is 5.26 Å². The standard InChI is InChI=1S/C19H18FN3O3S/c20-18-7-2-1-6-17(18)19(24)23-10-8-15(9-11-23)22-27(25,26)16-5-3-4-14(12-16)13-21/h1-7,12,15,22H,8-11H2. The predicted octanol–water partition coefficient (Wildman–Crippen LogP) is 2.28. The SMILES string of the molecule is N#Cc1cccc(S(=O)(=O)NC2CCN(C(=O)c3ccccc3F)CC2)c1. The van der Waals surface area contributed by atoms with Crippen LogP contribution < -0.4 is 4.72 Å². The molecule has 3 rings (SSSR count). The lowest BCUT2D eigenvalue weighted by molar-refractivity contribution is 0.0706. The fourth-order valence-corrected chi connectivity index (χ4v) is 4.38. The summed E-state index contributed by atoms with van der Waals surface area (Å²) in [6.45, 7) is 0.664. The minimum atomic E-state index is -3.75. The number of benzene rings is 2. The van der Waals surface area contributed by atoms with E-state index in [2.05, 4.69) is 4.72 Å². The molecule has 8 heteroatoms. The Morgan fingerprint density at radius 3 is 2.52 bits per heavy atom. The number of carbonyl (C=O) groups is 1. The van der Waals surface area contributed by atoms with Gasteiger partial charge in [0.2, 0.25) is 10.0 Å².